The average molecular weight is 275 g/mol. The maximum atomic E-state index is 12.3. The van der Waals surface area contributed by atoms with E-state index < -0.39 is 5.76 Å². The first-order valence-corrected chi connectivity index (χ1v) is 6.36. The molecule has 6 heteroatoms. The quantitative estimate of drug-likeness (QED) is 0.470. The molecule has 0 unspecified atom stereocenters. The number of hydrogen-bond acceptors (Lipinski definition) is 4. The number of carbonyl (C=O) groups is 1. The molecule has 0 aromatic heterocycles. The van der Waals surface area contributed by atoms with Gasteiger partial charge in [0.2, 0.25) is 0 Å². The highest BCUT2D eigenvalue weighted by atomic mass is 32.2. The van der Waals surface area contributed by atoms with Gasteiger partial charge < -0.3 is 10.1 Å². The Kier molecular flexibility index (Phi) is 6.49. The number of ether oxygens (including phenoxy) is 1. The average Bonchev–Trinajstić information content (AvgIpc) is 2.35. The lowest BCUT2D eigenvalue weighted by atomic mass is 10.3. The molecule has 0 heterocycles. The van der Waals surface area contributed by atoms with E-state index >= 15 is 0 Å². The Bertz CT molecular complexity index is 388. The molecule has 0 bridgehead atoms. The Morgan fingerprint density at radius 3 is 2.83 bits per heavy atom. The highest BCUT2D eigenvalue weighted by molar-refractivity contribution is 7.99. The van der Waals surface area contributed by atoms with E-state index in [4.69, 9.17) is 0 Å². The molecular formula is C12H15F2NO2S. The van der Waals surface area contributed by atoms with Crippen molar-refractivity contribution in [2.24, 2.45) is 0 Å². The zero-order valence-corrected chi connectivity index (χ0v) is 10.8. The fraction of sp³-hybridized carbons (Fsp3) is 0.417. The molecule has 0 aliphatic rings. The minimum Gasteiger partial charge on any atom is -0.469 e. The monoisotopic (exact) mass is 275 g/mol. The molecule has 0 aliphatic carbocycles. The number of rotatable bonds is 7. The van der Waals surface area contributed by atoms with Gasteiger partial charge in [-0.2, -0.15) is 8.78 Å². The lowest BCUT2D eigenvalue weighted by molar-refractivity contribution is -0.140. The Balaban J connectivity index is 2.43. The molecule has 0 amide bonds. The summed E-state index contributed by atoms with van der Waals surface area (Å²) in [6.07, 6.45) is 0.911. The Morgan fingerprint density at radius 1 is 1.44 bits per heavy atom. The van der Waals surface area contributed by atoms with E-state index in [9.17, 15) is 13.6 Å². The summed E-state index contributed by atoms with van der Waals surface area (Å²) >= 11 is 0.506. The van der Waals surface area contributed by atoms with E-state index in [1.165, 1.54) is 7.11 Å². The summed E-state index contributed by atoms with van der Waals surface area (Å²) in [6, 6.07) is 6.87. The highest BCUT2D eigenvalue weighted by Crippen LogP contribution is 2.31. The number of methoxy groups -OCH3 is 1. The van der Waals surface area contributed by atoms with Gasteiger partial charge >= 0.3 is 5.97 Å². The molecule has 1 rings (SSSR count). The molecular weight excluding hydrogens is 260 g/mol. The number of alkyl halides is 2. The molecule has 100 valence electrons. The zero-order valence-electron chi connectivity index (χ0n) is 9.99. The van der Waals surface area contributed by atoms with E-state index in [1.54, 1.807) is 24.3 Å². The van der Waals surface area contributed by atoms with E-state index in [1.807, 2.05) is 0 Å². The first-order chi connectivity index (χ1) is 8.63. The van der Waals surface area contributed by atoms with Crippen LogP contribution in [-0.2, 0) is 9.53 Å². The van der Waals surface area contributed by atoms with Gasteiger partial charge in [0.25, 0.3) is 5.76 Å². The van der Waals surface area contributed by atoms with Crippen LogP contribution in [0.1, 0.15) is 12.8 Å². The molecule has 3 nitrogen and oxygen atoms in total. The third-order valence-electron chi connectivity index (χ3n) is 2.20. The summed E-state index contributed by atoms with van der Waals surface area (Å²) in [5.74, 6) is -2.71. The predicted octanol–water partition coefficient (Wildman–Crippen LogP) is 3.37. The number of para-hydroxylation sites is 1. The van der Waals surface area contributed by atoms with Gasteiger partial charge in [-0.25, -0.2) is 0 Å². The summed E-state index contributed by atoms with van der Waals surface area (Å²) in [5, 5.41) is 3.04. The lowest BCUT2D eigenvalue weighted by Gasteiger charge is -2.10. The minimum atomic E-state index is -2.44. The van der Waals surface area contributed by atoms with Gasteiger partial charge in [-0.1, -0.05) is 23.9 Å². The fourth-order valence-electron chi connectivity index (χ4n) is 1.37. The smallest absolute Gasteiger partial charge is 0.305 e. The summed E-state index contributed by atoms with van der Waals surface area (Å²) in [7, 11) is 1.34. The van der Waals surface area contributed by atoms with Crippen LogP contribution in [0, 0.1) is 0 Å². The maximum Gasteiger partial charge on any atom is 0.305 e. The van der Waals surface area contributed by atoms with Crippen LogP contribution in [0.25, 0.3) is 0 Å². The van der Waals surface area contributed by atoms with Crippen molar-refractivity contribution < 1.29 is 18.3 Å². The lowest BCUT2D eigenvalue weighted by Crippen LogP contribution is -2.07. The standard InChI is InChI=1S/C12H15F2NO2S/c1-17-11(16)7-4-8-15-9-5-2-3-6-10(9)18-12(13)14/h2-3,5-6,12,15H,4,7-8H2,1H3. The van der Waals surface area contributed by atoms with Crippen molar-refractivity contribution in [3.05, 3.63) is 24.3 Å². The second-order valence-electron chi connectivity index (χ2n) is 3.48. The van der Waals surface area contributed by atoms with E-state index in [2.05, 4.69) is 10.1 Å². The molecule has 0 atom stereocenters. The SMILES string of the molecule is COC(=O)CCCNc1ccccc1SC(F)F. The molecule has 0 radical (unpaired) electrons. The van der Waals surface area contributed by atoms with E-state index in [0.717, 1.165) is 0 Å². The topological polar surface area (TPSA) is 38.3 Å². The molecule has 1 aromatic rings. The van der Waals surface area contributed by atoms with Gasteiger partial charge in [0, 0.05) is 23.5 Å². The van der Waals surface area contributed by atoms with E-state index in [-0.39, 0.29) is 5.97 Å². The van der Waals surface area contributed by atoms with Crippen molar-refractivity contribution in [2.45, 2.75) is 23.5 Å². The molecule has 0 fully saturated rings. The number of thioether (sulfide) groups is 1. The fourth-order valence-corrected chi connectivity index (χ4v) is 1.99. The number of anilines is 1. The molecule has 1 aromatic carbocycles. The normalized spacial score (nSPS) is 10.4. The molecule has 0 saturated heterocycles. The maximum absolute atomic E-state index is 12.3. The Hall–Kier alpha value is -1.30. The Labute approximate surface area is 109 Å². The van der Waals surface area contributed by atoms with Crippen LogP contribution < -0.4 is 5.32 Å². The van der Waals surface area contributed by atoms with Crippen LogP contribution in [0.3, 0.4) is 0 Å². The first kappa shape index (κ1) is 14.8. The van der Waals surface area contributed by atoms with Crippen LogP contribution in [0.4, 0.5) is 14.5 Å². The summed E-state index contributed by atoms with van der Waals surface area (Å²) < 4.78 is 29.1. The largest absolute Gasteiger partial charge is 0.469 e. The van der Waals surface area contributed by atoms with Crippen LogP contribution in [0.5, 0.6) is 0 Å². The van der Waals surface area contributed by atoms with Crippen molar-refractivity contribution in [3.8, 4) is 0 Å². The predicted molar refractivity (Wildman–Crippen MR) is 68.0 cm³/mol. The van der Waals surface area contributed by atoms with Gasteiger partial charge in [-0.15, -0.1) is 0 Å². The molecule has 0 aliphatic heterocycles. The molecule has 18 heavy (non-hydrogen) atoms. The van der Waals surface area contributed by atoms with Gasteiger partial charge in [-0.05, 0) is 18.6 Å². The number of benzene rings is 1. The highest BCUT2D eigenvalue weighted by Gasteiger charge is 2.09. The first-order valence-electron chi connectivity index (χ1n) is 5.48. The van der Waals surface area contributed by atoms with Crippen molar-refractivity contribution in [1.29, 1.82) is 0 Å². The molecule has 1 N–H and O–H groups in total. The van der Waals surface area contributed by atoms with Gasteiger partial charge in [0.15, 0.2) is 0 Å². The van der Waals surface area contributed by atoms with Gasteiger partial charge in [0.1, 0.15) is 0 Å². The second-order valence-corrected chi connectivity index (χ2v) is 4.51. The number of halogens is 2. The van der Waals surface area contributed by atoms with Crippen molar-refractivity contribution in [3.63, 3.8) is 0 Å². The van der Waals surface area contributed by atoms with Gasteiger partial charge in [0.05, 0.1) is 7.11 Å². The zero-order chi connectivity index (χ0) is 13.4. The van der Waals surface area contributed by atoms with E-state index in [0.29, 0.717) is 41.7 Å². The second kappa shape index (κ2) is 7.92. The number of hydrogen-bond donors (Lipinski definition) is 1. The number of nitrogens with one attached hydrogen (secondary N) is 1. The minimum absolute atomic E-state index is 0.271. The number of esters is 1. The number of carbonyl (C=O) groups excluding carboxylic acids is 1. The van der Waals surface area contributed by atoms with Crippen molar-refractivity contribution in [2.75, 3.05) is 19.0 Å². The summed E-state index contributed by atoms with van der Waals surface area (Å²) in [6.45, 7) is 0.538. The van der Waals surface area contributed by atoms with Crippen LogP contribution in [0.2, 0.25) is 0 Å². The molecule has 0 spiro atoms. The van der Waals surface area contributed by atoms with Crippen molar-refractivity contribution >= 4 is 23.4 Å². The summed E-state index contributed by atoms with van der Waals surface area (Å²) in [5.41, 5.74) is 0.660. The molecule has 0 saturated carbocycles. The summed E-state index contributed by atoms with van der Waals surface area (Å²) in [4.78, 5) is 11.4. The van der Waals surface area contributed by atoms with Crippen LogP contribution >= 0.6 is 11.8 Å². The Morgan fingerprint density at radius 2 is 2.17 bits per heavy atom. The third-order valence-corrected chi connectivity index (χ3v) is 2.99. The van der Waals surface area contributed by atoms with Gasteiger partial charge in [-0.3, -0.25) is 4.79 Å². The third kappa shape index (κ3) is 5.35. The van der Waals surface area contributed by atoms with Crippen molar-refractivity contribution in [1.82, 2.24) is 0 Å². The van der Waals surface area contributed by atoms with Crippen LogP contribution in [-0.4, -0.2) is 25.4 Å². The van der Waals surface area contributed by atoms with Crippen LogP contribution in [0.15, 0.2) is 29.2 Å².